The molecule has 3 N–H and O–H groups in total. The molecule has 1 amide bonds. The number of hydrogen-bond acceptors (Lipinski definition) is 2. The Morgan fingerprint density at radius 1 is 1.04 bits per heavy atom. The average Bonchev–Trinajstić information content (AvgIpc) is 2.51. The Morgan fingerprint density at radius 2 is 1.78 bits per heavy atom. The molecule has 0 radical (unpaired) electrons. The molecule has 4 nitrogen and oxygen atoms in total. The summed E-state index contributed by atoms with van der Waals surface area (Å²) in [6.45, 7) is 3.96. The molecule has 0 fully saturated rings. The first-order chi connectivity index (χ1) is 10.9. The van der Waals surface area contributed by atoms with Crippen molar-refractivity contribution in [2.45, 2.75) is 13.8 Å². The van der Waals surface area contributed by atoms with Crippen molar-refractivity contribution in [1.29, 1.82) is 0 Å². The van der Waals surface area contributed by atoms with E-state index in [4.69, 9.17) is 35.4 Å². The molecule has 0 spiro atoms. The largest absolute Gasteiger partial charge is 0.331 e. The van der Waals surface area contributed by atoms with E-state index in [-0.39, 0.29) is 10.7 Å². The highest BCUT2D eigenvalue weighted by atomic mass is 35.5. The van der Waals surface area contributed by atoms with Crippen molar-refractivity contribution in [2.75, 3.05) is 5.32 Å². The Hall–Kier alpha value is -1.82. The van der Waals surface area contributed by atoms with Gasteiger partial charge in [0.1, 0.15) is 0 Å². The second kappa shape index (κ2) is 7.64. The summed E-state index contributed by atoms with van der Waals surface area (Å²) in [7, 11) is 0. The summed E-state index contributed by atoms with van der Waals surface area (Å²) in [5, 5.41) is 4.03. The van der Waals surface area contributed by atoms with Gasteiger partial charge in [0.2, 0.25) is 0 Å². The maximum Gasteiger partial charge on any atom is 0.271 e. The minimum atomic E-state index is -0.428. The van der Waals surface area contributed by atoms with Crippen molar-refractivity contribution in [3.05, 3.63) is 63.1 Å². The van der Waals surface area contributed by atoms with E-state index in [0.29, 0.717) is 10.0 Å². The molecule has 2 rings (SSSR count). The van der Waals surface area contributed by atoms with E-state index < -0.39 is 5.91 Å². The highest BCUT2D eigenvalue weighted by molar-refractivity contribution is 7.80. The van der Waals surface area contributed by atoms with Crippen molar-refractivity contribution in [2.24, 2.45) is 0 Å². The van der Waals surface area contributed by atoms with Gasteiger partial charge in [-0.15, -0.1) is 0 Å². The molecule has 0 saturated carbocycles. The smallest absolute Gasteiger partial charge is 0.271 e. The molecule has 0 bridgehead atoms. The van der Waals surface area contributed by atoms with Gasteiger partial charge in [-0.05, 0) is 61.5 Å². The summed E-state index contributed by atoms with van der Waals surface area (Å²) < 4.78 is 0. The topological polar surface area (TPSA) is 53.2 Å². The molecule has 0 aliphatic rings. The fraction of sp³-hybridized carbons (Fsp3) is 0.125. The second-order valence-electron chi connectivity index (χ2n) is 4.98. The number of nitrogens with one attached hydrogen (secondary N) is 3. The van der Waals surface area contributed by atoms with Crippen LogP contribution in [0.5, 0.6) is 0 Å². The first-order valence-electron chi connectivity index (χ1n) is 6.76. The van der Waals surface area contributed by atoms with Crippen LogP contribution in [-0.2, 0) is 0 Å². The molecule has 2 aromatic rings. The SMILES string of the molecule is Cc1ccc(C)c(NC(=S)NNC(=O)c2cc(Cl)ccc2Cl)c1. The standard InChI is InChI=1S/C16H15Cl2N3OS/c1-9-3-4-10(2)14(7-9)19-16(23)21-20-15(22)12-8-11(17)5-6-13(12)18/h3-8H,1-2H3,(H,20,22)(H2,19,21,23). The van der Waals surface area contributed by atoms with Gasteiger partial charge in [0.15, 0.2) is 5.11 Å². The lowest BCUT2D eigenvalue weighted by molar-refractivity contribution is 0.0944. The summed E-state index contributed by atoms with van der Waals surface area (Å²) >= 11 is 17.0. The first kappa shape index (κ1) is 17.5. The van der Waals surface area contributed by atoms with Gasteiger partial charge < -0.3 is 5.32 Å². The Kier molecular flexibility index (Phi) is 5.82. The fourth-order valence-corrected chi connectivity index (χ4v) is 2.41. The van der Waals surface area contributed by atoms with Crippen LogP contribution in [0.2, 0.25) is 10.0 Å². The molecule has 0 aromatic heterocycles. The molecule has 2 aromatic carbocycles. The van der Waals surface area contributed by atoms with E-state index >= 15 is 0 Å². The van der Waals surface area contributed by atoms with Gasteiger partial charge in [-0.1, -0.05) is 35.3 Å². The molecule has 0 aliphatic carbocycles. The van der Waals surface area contributed by atoms with Crippen LogP contribution in [0.15, 0.2) is 36.4 Å². The van der Waals surface area contributed by atoms with Crippen molar-refractivity contribution in [3.63, 3.8) is 0 Å². The lowest BCUT2D eigenvalue weighted by Gasteiger charge is -2.14. The van der Waals surface area contributed by atoms with Crippen LogP contribution < -0.4 is 16.2 Å². The number of benzene rings is 2. The van der Waals surface area contributed by atoms with E-state index in [9.17, 15) is 4.79 Å². The quantitative estimate of drug-likeness (QED) is 0.548. The van der Waals surface area contributed by atoms with Gasteiger partial charge in [0, 0.05) is 10.7 Å². The number of carbonyl (C=O) groups excluding carboxylic acids is 1. The fourth-order valence-electron chi connectivity index (χ4n) is 1.88. The van der Waals surface area contributed by atoms with Crippen LogP contribution in [0.25, 0.3) is 0 Å². The van der Waals surface area contributed by atoms with Crippen molar-refractivity contribution < 1.29 is 4.79 Å². The molecular weight excluding hydrogens is 353 g/mol. The molecule has 0 atom stereocenters. The number of aryl methyl sites for hydroxylation is 2. The van der Waals surface area contributed by atoms with Crippen molar-refractivity contribution >= 4 is 52.1 Å². The zero-order valence-electron chi connectivity index (χ0n) is 12.5. The number of hydrogen-bond donors (Lipinski definition) is 3. The average molecular weight is 368 g/mol. The summed E-state index contributed by atoms with van der Waals surface area (Å²) in [5.41, 5.74) is 8.42. The number of carbonyl (C=O) groups is 1. The summed E-state index contributed by atoms with van der Waals surface area (Å²) in [4.78, 5) is 12.1. The van der Waals surface area contributed by atoms with Crippen molar-refractivity contribution in [3.8, 4) is 0 Å². The number of thiocarbonyl (C=S) groups is 1. The third kappa shape index (κ3) is 4.82. The van der Waals surface area contributed by atoms with E-state index in [1.807, 2.05) is 32.0 Å². The summed E-state index contributed by atoms with van der Waals surface area (Å²) in [6, 6.07) is 10.6. The minimum Gasteiger partial charge on any atom is -0.331 e. The number of anilines is 1. The molecule has 0 unspecified atom stereocenters. The maximum atomic E-state index is 12.1. The zero-order valence-corrected chi connectivity index (χ0v) is 14.9. The molecule has 0 heterocycles. The maximum absolute atomic E-state index is 12.1. The van der Waals surface area contributed by atoms with Crippen LogP contribution in [-0.4, -0.2) is 11.0 Å². The molecule has 7 heteroatoms. The Bertz CT molecular complexity index is 765. The van der Waals surface area contributed by atoms with Gasteiger partial charge in [-0.25, -0.2) is 0 Å². The Morgan fingerprint density at radius 3 is 2.52 bits per heavy atom. The molecule has 0 aliphatic heterocycles. The van der Waals surface area contributed by atoms with E-state index in [1.54, 1.807) is 12.1 Å². The number of rotatable bonds is 2. The van der Waals surface area contributed by atoms with Crippen LogP contribution in [0.4, 0.5) is 5.69 Å². The third-order valence-electron chi connectivity index (χ3n) is 3.10. The Balaban J connectivity index is 1.97. The lowest BCUT2D eigenvalue weighted by atomic mass is 10.1. The lowest BCUT2D eigenvalue weighted by Crippen LogP contribution is -2.43. The van der Waals surface area contributed by atoms with Crippen LogP contribution in [0.3, 0.4) is 0 Å². The summed E-state index contributed by atoms with van der Waals surface area (Å²) in [5.74, 6) is -0.428. The van der Waals surface area contributed by atoms with E-state index in [0.717, 1.165) is 16.8 Å². The third-order valence-corrected chi connectivity index (χ3v) is 3.87. The second-order valence-corrected chi connectivity index (χ2v) is 6.23. The first-order valence-corrected chi connectivity index (χ1v) is 7.93. The van der Waals surface area contributed by atoms with Crippen molar-refractivity contribution in [1.82, 2.24) is 10.9 Å². The predicted octanol–water partition coefficient (Wildman–Crippen LogP) is 4.24. The highest BCUT2D eigenvalue weighted by Gasteiger charge is 2.11. The predicted molar refractivity (Wildman–Crippen MR) is 99.2 cm³/mol. The van der Waals surface area contributed by atoms with Gasteiger partial charge in [0.05, 0.1) is 10.6 Å². The minimum absolute atomic E-state index is 0.265. The monoisotopic (exact) mass is 367 g/mol. The molecule has 120 valence electrons. The van der Waals surface area contributed by atoms with E-state index in [1.165, 1.54) is 6.07 Å². The van der Waals surface area contributed by atoms with Crippen LogP contribution in [0, 0.1) is 13.8 Å². The zero-order chi connectivity index (χ0) is 17.0. The number of amides is 1. The molecule has 0 saturated heterocycles. The van der Waals surface area contributed by atoms with Crippen LogP contribution >= 0.6 is 35.4 Å². The van der Waals surface area contributed by atoms with Crippen LogP contribution in [0.1, 0.15) is 21.5 Å². The van der Waals surface area contributed by atoms with Gasteiger partial charge in [-0.3, -0.25) is 15.6 Å². The van der Waals surface area contributed by atoms with Gasteiger partial charge in [-0.2, -0.15) is 0 Å². The Labute approximate surface area is 150 Å². The molecule has 23 heavy (non-hydrogen) atoms. The van der Waals surface area contributed by atoms with Gasteiger partial charge in [0.25, 0.3) is 5.91 Å². The van der Waals surface area contributed by atoms with E-state index in [2.05, 4.69) is 16.2 Å². The number of halogens is 2. The summed E-state index contributed by atoms with van der Waals surface area (Å²) in [6.07, 6.45) is 0. The van der Waals surface area contributed by atoms with Gasteiger partial charge >= 0.3 is 0 Å². The normalized spacial score (nSPS) is 10.1. The highest BCUT2D eigenvalue weighted by Crippen LogP contribution is 2.20. The number of hydrazine groups is 1. The molecular formula is C16H15Cl2N3OS.